The van der Waals surface area contributed by atoms with Gasteiger partial charge in [0.15, 0.2) is 9.84 Å². The van der Waals surface area contributed by atoms with Crippen LogP contribution in [0.3, 0.4) is 0 Å². The number of halogens is 1. The van der Waals surface area contributed by atoms with E-state index in [-0.39, 0.29) is 39.2 Å². The Morgan fingerprint density at radius 3 is 2.37 bits per heavy atom. The second-order valence-corrected chi connectivity index (χ2v) is 10.2. The van der Waals surface area contributed by atoms with Gasteiger partial charge in [-0.1, -0.05) is 12.1 Å². The Hall–Kier alpha value is -4.12. The first kappa shape index (κ1) is 24.0. The van der Waals surface area contributed by atoms with Gasteiger partial charge in [-0.25, -0.2) is 17.8 Å². The highest BCUT2D eigenvalue weighted by Gasteiger charge is 2.28. The Morgan fingerprint density at radius 1 is 1.03 bits per heavy atom. The van der Waals surface area contributed by atoms with Crippen LogP contribution in [0.25, 0.3) is 22.0 Å². The van der Waals surface area contributed by atoms with Gasteiger partial charge in [0.2, 0.25) is 5.91 Å². The number of aryl methyl sites for hydroxylation is 1. The molecule has 0 atom stereocenters. The van der Waals surface area contributed by atoms with E-state index in [1.165, 1.54) is 18.2 Å². The first-order valence-electron chi connectivity index (χ1n) is 10.4. The van der Waals surface area contributed by atoms with Gasteiger partial charge in [0.05, 0.1) is 28.2 Å². The summed E-state index contributed by atoms with van der Waals surface area (Å²) in [7, 11) is -3.40. The third kappa shape index (κ3) is 4.37. The summed E-state index contributed by atoms with van der Waals surface area (Å²) in [6.07, 6.45) is 1.13. The van der Waals surface area contributed by atoms with Crippen LogP contribution in [-0.2, 0) is 16.4 Å². The first-order chi connectivity index (χ1) is 16.4. The minimum absolute atomic E-state index is 0.0198. The summed E-state index contributed by atoms with van der Waals surface area (Å²) in [6, 6.07) is 10.1. The van der Waals surface area contributed by atoms with E-state index in [0.29, 0.717) is 22.5 Å². The van der Waals surface area contributed by atoms with Crippen molar-refractivity contribution in [1.29, 1.82) is 0 Å². The first-order valence-corrected chi connectivity index (χ1v) is 12.3. The molecule has 11 heteroatoms. The fourth-order valence-corrected chi connectivity index (χ4v) is 4.87. The van der Waals surface area contributed by atoms with E-state index < -0.39 is 27.5 Å². The van der Waals surface area contributed by atoms with Gasteiger partial charge in [0.1, 0.15) is 11.5 Å². The lowest BCUT2D eigenvalue weighted by molar-refractivity contribution is 0.0996. The summed E-state index contributed by atoms with van der Waals surface area (Å²) >= 11 is 0. The molecule has 2 heterocycles. The van der Waals surface area contributed by atoms with E-state index >= 15 is 0 Å². The molecule has 2 aromatic heterocycles. The van der Waals surface area contributed by atoms with Crippen LogP contribution in [0.1, 0.15) is 37.8 Å². The number of aromatic nitrogens is 3. The number of hydrogen-bond donors (Lipinski definition) is 2. The zero-order chi connectivity index (χ0) is 25.7. The highest BCUT2D eigenvalue weighted by molar-refractivity contribution is 7.90. The van der Waals surface area contributed by atoms with E-state index in [2.05, 4.69) is 10.1 Å². The molecule has 180 valence electrons. The van der Waals surface area contributed by atoms with Crippen molar-refractivity contribution in [2.75, 3.05) is 6.26 Å². The number of primary amides is 2. The Morgan fingerprint density at radius 2 is 1.74 bits per heavy atom. The van der Waals surface area contributed by atoms with Crippen LogP contribution in [0.4, 0.5) is 4.39 Å². The average molecular weight is 496 g/mol. The number of carbonyl (C=O) groups is 2. The monoisotopic (exact) mass is 495 g/mol. The number of hydrogen-bond acceptors (Lipinski definition) is 6. The molecule has 0 aliphatic heterocycles. The second kappa shape index (κ2) is 8.58. The van der Waals surface area contributed by atoms with Gasteiger partial charge in [-0.2, -0.15) is 5.10 Å². The maximum atomic E-state index is 13.8. The van der Waals surface area contributed by atoms with Crippen LogP contribution in [0.5, 0.6) is 0 Å². The third-order valence-corrected chi connectivity index (χ3v) is 6.83. The molecule has 9 nitrogen and oxygen atoms in total. The summed E-state index contributed by atoms with van der Waals surface area (Å²) in [5, 5.41) is 4.81. The lowest BCUT2D eigenvalue weighted by atomic mass is 9.92. The van der Waals surface area contributed by atoms with Crippen molar-refractivity contribution in [1.82, 2.24) is 14.8 Å². The Labute approximate surface area is 200 Å². The van der Waals surface area contributed by atoms with E-state index in [4.69, 9.17) is 11.5 Å². The Kier molecular flexibility index (Phi) is 5.89. The van der Waals surface area contributed by atoms with Crippen LogP contribution in [0.15, 0.2) is 47.4 Å². The normalized spacial score (nSPS) is 11.7. The number of sulfone groups is 1. The summed E-state index contributed by atoms with van der Waals surface area (Å²) in [5.41, 5.74) is 13.4. The number of fused-ring (bicyclic) bond motifs is 1. The molecule has 2 aromatic carbocycles. The Bertz CT molecular complexity index is 1640. The van der Waals surface area contributed by atoms with Crippen LogP contribution in [-0.4, -0.2) is 41.3 Å². The summed E-state index contributed by atoms with van der Waals surface area (Å²) < 4.78 is 39.3. The number of nitrogens with two attached hydrogens (primary N) is 2. The predicted octanol–water partition coefficient (Wildman–Crippen LogP) is 2.50. The van der Waals surface area contributed by atoms with Crippen molar-refractivity contribution in [2.24, 2.45) is 11.5 Å². The third-order valence-electron chi connectivity index (χ3n) is 5.72. The van der Waals surface area contributed by atoms with Crippen molar-refractivity contribution in [3.63, 3.8) is 0 Å². The summed E-state index contributed by atoms with van der Waals surface area (Å²) in [4.78, 5) is 29.4. The molecule has 0 radical (unpaired) electrons. The maximum absolute atomic E-state index is 13.8. The van der Waals surface area contributed by atoms with Crippen molar-refractivity contribution in [2.45, 2.75) is 25.3 Å². The molecule has 4 aromatic rings. The molecular weight excluding hydrogens is 473 g/mol. The second-order valence-electron chi connectivity index (χ2n) is 8.22. The number of amides is 2. The molecule has 4 N–H and O–H groups in total. The number of rotatable bonds is 6. The zero-order valence-electron chi connectivity index (χ0n) is 19.2. The van der Waals surface area contributed by atoms with Crippen molar-refractivity contribution in [3.05, 3.63) is 76.5 Å². The fraction of sp³-hybridized carbons (Fsp3) is 0.167. The molecule has 0 fully saturated rings. The largest absolute Gasteiger partial charge is 0.366 e. The quantitative estimate of drug-likeness (QED) is 0.419. The number of benzene rings is 2. The predicted molar refractivity (Wildman–Crippen MR) is 128 cm³/mol. The maximum Gasteiger partial charge on any atom is 0.267 e. The van der Waals surface area contributed by atoms with Crippen molar-refractivity contribution >= 4 is 32.6 Å². The molecule has 0 aliphatic carbocycles. The van der Waals surface area contributed by atoms with E-state index in [1.54, 1.807) is 36.7 Å². The molecule has 0 unspecified atom stereocenters. The van der Waals surface area contributed by atoms with Crippen molar-refractivity contribution in [3.8, 4) is 11.1 Å². The topological polar surface area (TPSA) is 151 Å². The minimum atomic E-state index is -3.40. The molecule has 0 saturated heterocycles. The summed E-state index contributed by atoms with van der Waals surface area (Å²) in [5.74, 6) is -2.35. The van der Waals surface area contributed by atoms with E-state index in [9.17, 15) is 22.4 Å². The van der Waals surface area contributed by atoms with Crippen LogP contribution >= 0.6 is 0 Å². The van der Waals surface area contributed by atoms with Gasteiger partial charge in [0, 0.05) is 34.5 Å². The Balaban J connectivity index is 1.96. The van der Waals surface area contributed by atoms with Crippen LogP contribution in [0.2, 0.25) is 0 Å². The van der Waals surface area contributed by atoms with Gasteiger partial charge >= 0.3 is 0 Å². The minimum Gasteiger partial charge on any atom is -0.366 e. The molecule has 2 amide bonds. The van der Waals surface area contributed by atoms with Crippen LogP contribution < -0.4 is 11.5 Å². The van der Waals surface area contributed by atoms with Crippen molar-refractivity contribution < 1.29 is 22.4 Å². The SMILES string of the molecule is Cc1nn(Cc2cccc(S(C)(=O)=O)c2)c(C)c1-c1c(C(N)=O)nc2cc(F)ccc2c1C(N)=O. The van der Waals surface area contributed by atoms with Gasteiger partial charge in [0.25, 0.3) is 5.91 Å². The van der Waals surface area contributed by atoms with Gasteiger partial charge in [-0.3, -0.25) is 14.3 Å². The van der Waals surface area contributed by atoms with E-state index in [1.807, 2.05) is 0 Å². The zero-order valence-corrected chi connectivity index (χ0v) is 20.0. The van der Waals surface area contributed by atoms with Gasteiger partial charge in [-0.15, -0.1) is 0 Å². The average Bonchev–Trinajstić information content (AvgIpc) is 3.04. The highest BCUT2D eigenvalue weighted by atomic mass is 32.2. The van der Waals surface area contributed by atoms with Gasteiger partial charge in [-0.05, 0) is 43.7 Å². The lowest BCUT2D eigenvalue weighted by Gasteiger charge is -2.15. The molecular formula is C24H22FN5O4S. The lowest BCUT2D eigenvalue weighted by Crippen LogP contribution is -2.21. The standard InChI is InChI=1S/C24H22FN5O4S/c1-12-19(13(2)30(29-12)11-14-5-4-6-16(9-14)35(3,33)34)21-20(23(26)31)17-8-7-15(25)10-18(17)28-22(21)24(27)32/h4-10H,11H2,1-3H3,(H2,26,31)(H2,27,32). The summed E-state index contributed by atoms with van der Waals surface area (Å²) in [6.45, 7) is 3.65. The molecule has 0 saturated carbocycles. The number of pyridine rings is 1. The molecule has 35 heavy (non-hydrogen) atoms. The number of nitrogens with zero attached hydrogens (tertiary/aromatic N) is 3. The van der Waals surface area contributed by atoms with Crippen LogP contribution in [0, 0.1) is 19.7 Å². The highest BCUT2D eigenvalue weighted by Crippen LogP contribution is 2.36. The smallest absolute Gasteiger partial charge is 0.267 e. The molecule has 0 spiro atoms. The number of carbonyl (C=O) groups excluding carboxylic acids is 2. The molecule has 4 rings (SSSR count). The fourth-order valence-electron chi connectivity index (χ4n) is 4.18. The molecule has 0 bridgehead atoms. The van der Waals surface area contributed by atoms with Gasteiger partial charge < -0.3 is 11.5 Å². The molecule has 0 aliphatic rings. The van der Waals surface area contributed by atoms with E-state index in [0.717, 1.165) is 12.3 Å².